The van der Waals surface area contributed by atoms with Crippen LogP contribution in [-0.4, -0.2) is 43.3 Å². The fourth-order valence-electron chi connectivity index (χ4n) is 3.74. The van der Waals surface area contributed by atoms with Gasteiger partial charge in [-0.05, 0) is 62.7 Å². The quantitative estimate of drug-likeness (QED) is 0.567. The number of pyridine rings is 1. The van der Waals surface area contributed by atoms with E-state index in [4.69, 9.17) is 14.5 Å². The van der Waals surface area contributed by atoms with Gasteiger partial charge in [-0.15, -0.1) is 0 Å². The van der Waals surface area contributed by atoms with Gasteiger partial charge in [0.1, 0.15) is 11.6 Å². The molecule has 0 atom stereocenters. The second-order valence-corrected chi connectivity index (χ2v) is 8.16. The predicted molar refractivity (Wildman–Crippen MR) is 129 cm³/mol. The molecule has 1 aliphatic rings. The summed E-state index contributed by atoms with van der Waals surface area (Å²) in [6.07, 6.45) is 3.37. The predicted octanol–water partition coefficient (Wildman–Crippen LogP) is 4.82. The summed E-state index contributed by atoms with van der Waals surface area (Å²) in [5.74, 6) is 1.54. The monoisotopic (exact) mass is 431 g/mol. The number of amides is 1. The van der Waals surface area contributed by atoms with Crippen LogP contribution in [0.3, 0.4) is 0 Å². The Morgan fingerprint density at radius 1 is 1.16 bits per heavy atom. The molecule has 0 aliphatic carbocycles. The van der Waals surface area contributed by atoms with Gasteiger partial charge in [0, 0.05) is 35.8 Å². The zero-order valence-electron chi connectivity index (χ0n) is 18.8. The Kier molecular flexibility index (Phi) is 6.71. The third kappa shape index (κ3) is 5.26. The molecule has 0 unspecified atom stereocenters. The second kappa shape index (κ2) is 9.83. The molecule has 2 heterocycles. The van der Waals surface area contributed by atoms with Crippen molar-refractivity contribution >= 4 is 34.4 Å². The first-order valence-electron chi connectivity index (χ1n) is 11.0. The molecule has 1 amide bonds. The van der Waals surface area contributed by atoms with Crippen molar-refractivity contribution in [1.82, 2.24) is 4.98 Å². The van der Waals surface area contributed by atoms with Crippen LogP contribution in [0.1, 0.15) is 25.0 Å². The van der Waals surface area contributed by atoms with Crippen LogP contribution in [0.15, 0.2) is 54.6 Å². The standard InChI is InChI=1S/C26H29N3O3/c1-18(2)32-24-7-5-4-6-20(24)8-11-26(30)27-21-9-10-23-22(17-21)19(3)16-25(28-23)29-12-14-31-15-13-29/h4-11,16-18H,12-15H2,1-3H3,(H,27,30)/b11-8+. The average molecular weight is 432 g/mol. The molecule has 1 N–H and O–H groups in total. The first kappa shape index (κ1) is 21.8. The molecule has 1 aromatic heterocycles. The number of aryl methyl sites for hydroxylation is 1. The zero-order valence-corrected chi connectivity index (χ0v) is 18.8. The Hall–Kier alpha value is -3.38. The van der Waals surface area contributed by atoms with Crippen molar-refractivity contribution in [3.05, 3.63) is 65.7 Å². The summed E-state index contributed by atoms with van der Waals surface area (Å²) < 4.78 is 11.3. The molecule has 6 nitrogen and oxygen atoms in total. The second-order valence-electron chi connectivity index (χ2n) is 8.16. The minimum absolute atomic E-state index is 0.0663. The molecular formula is C26H29N3O3. The van der Waals surface area contributed by atoms with Gasteiger partial charge in [0.25, 0.3) is 0 Å². The van der Waals surface area contributed by atoms with Crippen LogP contribution >= 0.6 is 0 Å². The fraction of sp³-hybridized carbons (Fsp3) is 0.308. The molecule has 32 heavy (non-hydrogen) atoms. The van der Waals surface area contributed by atoms with E-state index >= 15 is 0 Å². The summed E-state index contributed by atoms with van der Waals surface area (Å²) in [4.78, 5) is 19.6. The van der Waals surface area contributed by atoms with E-state index in [-0.39, 0.29) is 12.0 Å². The van der Waals surface area contributed by atoms with Gasteiger partial charge in [-0.3, -0.25) is 4.79 Å². The van der Waals surface area contributed by atoms with Gasteiger partial charge in [0.2, 0.25) is 5.91 Å². The van der Waals surface area contributed by atoms with Crippen molar-refractivity contribution in [3.63, 3.8) is 0 Å². The lowest BCUT2D eigenvalue weighted by Crippen LogP contribution is -2.36. The van der Waals surface area contributed by atoms with E-state index in [1.54, 1.807) is 6.08 Å². The number of anilines is 2. The highest BCUT2D eigenvalue weighted by Gasteiger charge is 2.14. The highest BCUT2D eigenvalue weighted by atomic mass is 16.5. The van der Waals surface area contributed by atoms with E-state index < -0.39 is 0 Å². The van der Waals surface area contributed by atoms with Gasteiger partial charge in [0.05, 0.1) is 24.8 Å². The normalized spacial score (nSPS) is 14.3. The maximum absolute atomic E-state index is 12.5. The number of rotatable bonds is 6. The number of benzene rings is 2. The van der Waals surface area contributed by atoms with Gasteiger partial charge in [-0.1, -0.05) is 18.2 Å². The first-order valence-corrected chi connectivity index (χ1v) is 11.0. The minimum Gasteiger partial charge on any atom is -0.490 e. The molecule has 6 heteroatoms. The van der Waals surface area contributed by atoms with Crippen LogP contribution in [0.25, 0.3) is 17.0 Å². The number of morpholine rings is 1. The largest absolute Gasteiger partial charge is 0.490 e. The molecule has 2 aromatic carbocycles. The molecule has 0 bridgehead atoms. The summed E-state index contributed by atoms with van der Waals surface area (Å²) in [5, 5.41) is 3.98. The molecule has 166 valence electrons. The smallest absolute Gasteiger partial charge is 0.248 e. The van der Waals surface area contributed by atoms with E-state index in [2.05, 4.69) is 23.2 Å². The van der Waals surface area contributed by atoms with Crippen LogP contribution in [0.2, 0.25) is 0 Å². The summed E-state index contributed by atoms with van der Waals surface area (Å²) in [6.45, 7) is 9.19. The Balaban J connectivity index is 1.49. The summed E-state index contributed by atoms with van der Waals surface area (Å²) in [6, 6.07) is 15.6. The lowest BCUT2D eigenvalue weighted by molar-refractivity contribution is -0.111. The van der Waals surface area contributed by atoms with Crippen molar-refractivity contribution < 1.29 is 14.3 Å². The number of fused-ring (bicyclic) bond motifs is 1. The number of hydrogen-bond donors (Lipinski definition) is 1. The minimum atomic E-state index is -0.195. The summed E-state index contributed by atoms with van der Waals surface area (Å²) >= 11 is 0. The molecule has 3 aromatic rings. The Morgan fingerprint density at radius 3 is 2.72 bits per heavy atom. The fourth-order valence-corrected chi connectivity index (χ4v) is 3.74. The van der Waals surface area contributed by atoms with Crippen LogP contribution < -0.4 is 15.0 Å². The number of nitrogens with one attached hydrogen (secondary N) is 1. The average Bonchev–Trinajstić information content (AvgIpc) is 2.79. The number of para-hydroxylation sites is 1. The topological polar surface area (TPSA) is 63.7 Å². The number of aromatic nitrogens is 1. The highest BCUT2D eigenvalue weighted by Crippen LogP contribution is 2.26. The number of ether oxygens (including phenoxy) is 2. The van der Waals surface area contributed by atoms with Crippen LogP contribution in [0, 0.1) is 6.92 Å². The van der Waals surface area contributed by atoms with Crippen LogP contribution in [-0.2, 0) is 9.53 Å². The molecule has 0 saturated carbocycles. The van der Waals surface area contributed by atoms with Gasteiger partial charge in [0.15, 0.2) is 0 Å². The highest BCUT2D eigenvalue weighted by molar-refractivity contribution is 6.03. The van der Waals surface area contributed by atoms with Crippen molar-refractivity contribution in [2.24, 2.45) is 0 Å². The van der Waals surface area contributed by atoms with E-state index in [0.29, 0.717) is 0 Å². The van der Waals surface area contributed by atoms with Crippen molar-refractivity contribution in [1.29, 1.82) is 0 Å². The van der Waals surface area contributed by atoms with Crippen molar-refractivity contribution in [2.45, 2.75) is 26.9 Å². The number of nitrogens with zero attached hydrogens (tertiary/aromatic N) is 2. The van der Waals surface area contributed by atoms with E-state index in [9.17, 15) is 4.79 Å². The van der Waals surface area contributed by atoms with Crippen molar-refractivity contribution in [2.75, 3.05) is 36.5 Å². The maximum Gasteiger partial charge on any atom is 0.248 e. The Morgan fingerprint density at radius 2 is 1.94 bits per heavy atom. The van der Waals surface area contributed by atoms with E-state index in [0.717, 1.165) is 65.6 Å². The van der Waals surface area contributed by atoms with E-state index in [1.807, 2.05) is 56.3 Å². The number of hydrogen-bond acceptors (Lipinski definition) is 5. The molecule has 0 spiro atoms. The SMILES string of the molecule is Cc1cc(N2CCOCC2)nc2ccc(NC(=O)/C=C/c3ccccc3OC(C)C)cc12. The van der Waals surface area contributed by atoms with Gasteiger partial charge in [-0.2, -0.15) is 0 Å². The third-order valence-corrected chi connectivity index (χ3v) is 5.30. The lowest BCUT2D eigenvalue weighted by atomic mass is 10.1. The van der Waals surface area contributed by atoms with Gasteiger partial charge in [-0.25, -0.2) is 4.98 Å². The van der Waals surface area contributed by atoms with Crippen molar-refractivity contribution in [3.8, 4) is 5.75 Å². The third-order valence-electron chi connectivity index (χ3n) is 5.30. The summed E-state index contributed by atoms with van der Waals surface area (Å²) in [7, 11) is 0. The molecule has 4 rings (SSSR count). The van der Waals surface area contributed by atoms with Crippen LogP contribution in [0.5, 0.6) is 5.75 Å². The molecule has 1 saturated heterocycles. The van der Waals surface area contributed by atoms with Gasteiger partial charge < -0.3 is 19.7 Å². The molecule has 0 radical (unpaired) electrons. The molecule has 1 fully saturated rings. The Labute approximate surface area is 188 Å². The lowest BCUT2D eigenvalue weighted by Gasteiger charge is -2.28. The Bertz CT molecular complexity index is 1130. The molecular weight excluding hydrogens is 402 g/mol. The first-order chi connectivity index (χ1) is 15.5. The summed E-state index contributed by atoms with van der Waals surface area (Å²) in [5.41, 5.74) is 3.65. The van der Waals surface area contributed by atoms with E-state index in [1.165, 1.54) is 6.08 Å². The maximum atomic E-state index is 12.5. The van der Waals surface area contributed by atoms with Gasteiger partial charge >= 0.3 is 0 Å². The number of carbonyl (C=O) groups is 1. The zero-order chi connectivity index (χ0) is 22.5. The molecule has 1 aliphatic heterocycles. The number of carbonyl (C=O) groups excluding carboxylic acids is 1. The van der Waals surface area contributed by atoms with Crippen LogP contribution in [0.4, 0.5) is 11.5 Å².